The average Bonchev–Trinajstić information content (AvgIpc) is 2.90. The van der Waals surface area contributed by atoms with Crippen LogP contribution in [0.3, 0.4) is 0 Å². The summed E-state index contributed by atoms with van der Waals surface area (Å²) in [4.78, 5) is 14.9. The Morgan fingerprint density at radius 3 is 1.56 bits per heavy atom. The molecule has 3 aromatic carbocycles. The zero-order chi connectivity index (χ0) is 29.1. The first-order valence-corrected chi connectivity index (χ1v) is 13.9. The van der Waals surface area contributed by atoms with Crippen molar-refractivity contribution in [3.8, 4) is 0 Å². The maximum absolute atomic E-state index is 12.9. The molecule has 210 valence electrons. The number of ether oxygens (including phenoxy) is 2. The Kier molecular flexibility index (Phi) is 11.7. The first-order valence-electron chi connectivity index (χ1n) is 11.3. The lowest BCUT2D eigenvalue weighted by atomic mass is 10.2. The van der Waals surface area contributed by atoms with E-state index in [2.05, 4.69) is 107 Å². The Bertz CT molecular complexity index is 1210. The van der Waals surface area contributed by atoms with Crippen molar-refractivity contribution in [3.05, 3.63) is 103 Å². The summed E-state index contributed by atoms with van der Waals surface area (Å²) in [5.74, 6) is -5.99. The molecule has 0 bridgehead atoms. The van der Waals surface area contributed by atoms with E-state index in [9.17, 15) is 35.3 Å². The normalized spacial score (nSPS) is 11.9. The van der Waals surface area contributed by atoms with E-state index in [4.69, 9.17) is 0 Å². The molecule has 0 heterocycles. The van der Waals surface area contributed by atoms with Crippen LogP contribution < -0.4 is 0 Å². The van der Waals surface area contributed by atoms with Crippen LogP contribution in [0.5, 0.6) is 0 Å². The first kappa shape index (κ1) is 32.0. The number of rotatable bonds is 11. The zero-order valence-electron chi connectivity index (χ0n) is 20.8. The SMILES string of the molecule is C=C(C)C(=O)OCOCCC(F)(F)C(F)(F)S(=O)(=O)[O-].c1ccc([S+](c2ccccc2)c2ccccc2)cc1. The maximum atomic E-state index is 12.9. The molecule has 0 saturated heterocycles. The Balaban J connectivity index is 0.000000273. The molecule has 0 radical (unpaired) electrons. The molecule has 0 aliphatic heterocycles. The molecule has 0 atom stereocenters. The van der Waals surface area contributed by atoms with Crippen molar-refractivity contribution in [2.75, 3.05) is 13.4 Å². The fourth-order valence-electron chi connectivity index (χ4n) is 2.88. The van der Waals surface area contributed by atoms with E-state index in [1.54, 1.807) is 0 Å². The minimum atomic E-state index is -6.51. The molecule has 0 saturated carbocycles. The standard InChI is InChI=1S/C18H15S.C9H12F4O6S/c1-4-10-16(11-5-1)19(17-12-6-2-7-13-17)18-14-8-3-9-15-18;1-6(2)7(14)19-5-18-4-3-8(10,11)9(12,13)20(15,16)17/h1-15H;1,3-5H2,2H3,(H,15,16,17)/q+1;/p-1. The van der Waals surface area contributed by atoms with Gasteiger partial charge in [-0.2, -0.15) is 17.6 Å². The van der Waals surface area contributed by atoms with Crippen molar-refractivity contribution < 1.29 is 44.8 Å². The van der Waals surface area contributed by atoms with Gasteiger partial charge in [-0.3, -0.25) is 0 Å². The van der Waals surface area contributed by atoms with Crippen molar-refractivity contribution in [2.24, 2.45) is 0 Å². The summed E-state index contributed by atoms with van der Waals surface area (Å²) in [7, 11) is -6.53. The molecule has 0 unspecified atom stereocenters. The molecule has 12 heteroatoms. The fourth-order valence-corrected chi connectivity index (χ4v) is 5.46. The van der Waals surface area contributed by atoms with Gasteiger partial charge in [0.1, 0.15) is 0 Å². The topological polar surface area (TPSA) is 92.7 Å². The van der Waals surface area contributed by atoms with Crippen LogP contribution in [0.15, 0.2) is 118 Å². The van der Waals surface area contributed by atoms with Gasteiger partial charge in [-0.05, 0) is 43.3 Å². The number of esters is 1. The van der Waals surface area contributed by atoms with Crippen molar-refractivity contribution in [1.29, 1.82) is 0 Å². The van der Waals surface area contributed by atoms with Gasteiger partial charge in [-0.25, -0.2) is 13.2 Å². The second-order valence-corrected chi connectivity index (χ2v) is 11.4. The van der Waals surface area contributed by atoms with Crippen molar-refractivity contribution in [3.63, 3.8) is 0 Å². The van der Waals surface area contributed by atoms with Crippen LogP contribution in [0.1, 0.15) is 13.3 Å². The van der Waals surface area contributed by atoms with Gasteiger partial charge in [0, 0.05) is 12.0 Å². The van der Waals surface area contributed by atoms with Gasteiger partial charge in [0.2, 0.25) is 0 Å². The van der Waals surface area contributed by atoms with Crippen LogP contribution in [0.2, 0.25) is 0 Å². The van der Waals surface area contributed by atoms with Crippen LogP contribution in [0.25, 0.3) is 0 Å². The molecule has 3 rings (SSSR count). The van der Waals surface area contributed by atoms with Crippen LogP contribution in [0, 0.1) is 0 Å². The summed E-state index contributed by atoms with van der Waals surface area (Å²) >= 11 is 0. The first-order chi connectivity index (χ1) is 18.3. The fraction of sp³-hybridized carbons (Fsp3) is 0.222. The van der Waals surface area contributed by atoms with Gasteiger partial charge < -0.3 is 14.0 Å². The minimum Gasteiger partial charge on any atom is -0.743 e. The van der Waals surface area contributed by atoms with Gasteiger partial charge in [0.25, 0.3) is 0 Å². The van der Waals surface area contributed by atoms with E-state index in [0.717, 1.165) is 0 Å². The smallest absolute Gasteiger partial charge is 0.396 e. The third-order valence-corrected chi connectivity index (χ3v) is 8.02. The number of hydrogen-bond acceptors (Lipinski definition) is 6. The van der Waals surface area contributed by atoms with E-state index in [-0.39, 0.29) is 16.5 Å². The third kappa shape index (κ3) is 9.20. The molecule has 0 amide bonds. The molecule has 0 fully saturated rings. The highest BCUT2D eigenvalue weighted by Crippen LogP contribution is 2.40. The van der Waals surface area contributed by atoms with E-state index < -0.39 is 47.1 Å². The zero-order valence-corrected chi connectivity index (χ0v) is 22.4. The van der Waals surface area contributed by atoms with Crippen molar-refractivity contribution in [2.45, 2.75) is 39.2 Å². The van der Waals surface area contributed by atoms with E-state index in [0.29, 0.717) is 0 Å². The van der Waals surface area contributed by atoms with Gasteiger partial charge in [-0.15, -0.1) is 0 Å². The highest BCUT2D eigenvalue weighted by molar-refractivity contribution is 7.97. The second kappa shape index (κ2) is 14.3. The van der Waals surface area contributed by atoms with Crippen molar-refractivity contribution >= 4 is 27.0 Å². The lowest BCUT2D eigenvalue weighted by Crippen LogP contribution is -2.47. The second-order valence-electron chi connectivity index (χ2n) is 7.91. The number of benzene rings is 3. The summed E-state index contributed by atoms with van der Waals surface area (Å²) in [6.45, 7) is 2.64. The van der Waals surface area contributed by atoms with Gasteiger partial charge >= 0.3 is 17.1 Å². The number of carbonyl (C=O) groups excluding carboxylic acids is 1. The molecule has 0 aromatic heterocycles. The average molecular weight is 587 g/mol. The molecule has 39 heavy (non-hydrogen) atoms. The molecular weight excluding hydrogens is 560 g/mol. The van der Waals surface area contributed by atoms with Gasteiger partial charge in [-0.1, -0.05) is 61.2 Å². The predicted molar refractivity (Wildman–Crippen MR) is 137 cm³/mol. The monoisotopic (exact) mass is 586 g/mol. The molecule has 0 aliphatic rings. The van der Waals surface area contributed by atoms with Crippen molar-refractivity contribution in [1.82, 2.24) is 0 Å². The predicted octanol–water partition coefficient (Wildman–Crippen LogP) is 6.03. The Morgan fingerprint density at radius 1 is 0.846 bits per heavy atom. The Labute approximate surface area is 227 Å². The quantitative estimate of drug-likeness (QED) is 0.0519. The Hall–Kier alpha value is -3.19. The number of carbonyl (C=O) groups is 1. The van der Waals surface area contributed by atoms with E-state index >= 15 is 0 Å². The van der Waals surface area contributed by atoms with Crippen LogP contribution >= 0.6 is 0 Å². The highest BCUT2D eigenvalue weighted by atomic mass is 32.2. The number of halogens is 4. The Morgan fingerprint density at radius 2 is 1.23 bits per heavy atom. The lowest BCUT2D eigenvalue weighted by molar-refractivity contribution is -0.178. The van der Waals surface area contributed by atoms with Gasteiger partial charge in [0.15, 0.2) is 31.6 Å². The molecule has 0 N–H and O–H groups in total. The van der Waals surface area contributed by atoms with Gasteiger partial charge in [0.05, 0.1) is 17.5 Å². The summed E-state index contributed by atoms with van der Waals surface area (Å²) in [5.41, 5.74) is 0.00270. The third-order valence-electron chi connectivity index (χ3n) is 4.86. The lowest BCUT2D eigenvalue weighted by Gasteiger charge is -2.28. The van der Waals surface area contributed by atoms with Crippen LogP contribution in [0.4, 0.5) is 17.6 Å². The number of hydrogen-bond donors (Lipinski definition) is 0. The van der Waals surface area contributed by atoms with E-state index in [1.165, 1.54) is 21.6 Å². The summed E-state index contributed by atoms with van der Waals surface area (Å²) in [6, 6.07) is 32.2. The summed E-state index contributed by atoms with van der Waals surface area (Å²) < 4.78 is 89.8. The van der Waals surface area contributed by atoms with Crippen LogP contribution in [-0.2, 0) is 35.3 Å². The summed E-state index contributed by atoms with van der Waals surface area (Å²) in [6.07, 6.45) is -1.74. The molecular formula is C27H26F4O6S2. The molecule has 3 aromatic rings. The highest BCUT2D eigenvalue weighted by Gasteiger charge is 2.61. The number of alkyl halides is 4. The molecule has 0 aliphatic carbocycles. The maximum Gasteiger partial charge on any atom is 0.396 e. The minimum absolute atomic E-state index is 0.00270. The largest absolute Gasteiger partial charge is 0.743 e. The summed E-state index contributed by atoms with van der Waals surface area (Å²) in [5, 5.41) is -5.75. The molecule has 6 nitrogen and oxygen atoms in total. The molecule has 0 spiro atoms. The van der Waals surface area contributed by atoms with Crippen LogP contribution in [-0.4, -0.2) is 43.5 Å². The van der Waals surface area contributed by atoms with E-state index in [1.807, 2.05) is 0 Å².